The minimum absolute atomic E-state index is 0.187. The number of amides is 4. The second-order valence-corrected chi connectivity index (χ2v) is 20.5. The number of nitrogens with one attached hydrogen (secondary N) is 4. The second-order valence-electron chi connectivity index (χ2n) is 17.1. The number of Topliss-reactive ketones (excluding diaryl/α,β-unsaturated/α-hetero) is 2. The molecule has 0 aromatic rings. The predicted octanol–water partition coefficient (Wildman–Crippen LogP) is -1.39. The van der Waals surface area contributed by atoms with Gasteiger partial charge in [0.15, 0.2) is 0 Å². The number of hydrogen-bond acceptors (Lipinski definition) is 17. The van der Waals surface area contributed by atoms with Gasteiger partial charge in [0.25, 0.3) is 0 Å². The number of phosphoric ester groups is 2. The van der Waals surface area contributed by atoms with Crippen LogP contribution < -0.4 is 21.3 Å². The van der Waals surface area contributed by atoms with E-state index in [1.165, 1.54) is 55.4 Å². The molecule has 0 saturated carbocycles. The first-order valence-electron chi connectivity index (χ1n) is 19.0. The molecule has 0 radical (unpaired) electrons. The van der Waals surface area contributed by atoms with Crippen molar-refractivity contribution in [2.75, 3.05) is 52.6 Å². The topological polar surface area (TPSA) is 401 Å². The van der Waals surface area contributed by atoms with Gasteiger partial charge in [-0.2, -0.15) is 0 Å². The Kier molecular flexibility index (Phi) is 24.6. The molecule has 12 N–H and O–H groups in total. The Bertz CT molecular complexity index is 1530. The summed E-state index contributed by atoms with van der Waals surface area (Å²) in [6.45, 7) is 8.10. The minimum Gasteiger partial charge on any atom is -0.383 e. The number of aliphatic hydroxyl groups is 4. The summed E-state index contributed by atoms with van der Waals surface area (Å²) in [4.78, 5) is 109. The summed E-state index contributed by atoms with van der Waals surface area (Å²) in [7, 11) is -12.6. The van der Waals surface area contributed by atoms with Crippen molar-refractivity contribution in [2.45, 2.75) is 105 Å². The lowest BCUT2D eigenvalue weighted by Crippen LogP contribution is -2.47. The van der Waals surface area contributed by atoms with Crippen LogP contribution in [-0.2, 0) is 60.6 Å². The average molecular weight is 958 g/mol. The molecule has 0 fully saturated rings. The maximum atomic E-state index is 12.6. The lowest BCUT2D eigenvalue weighted by molar-refractivity contribution is -0.137. The lowest BCUT2D eigenvalue weighted by atomic mass is 9.87. The monoisotopic (exact) mass is 957 g/mol. The van der Waals surface area contributed by atoms with E-state index in [2.05, 4.69) is 30.3 Å². The fourth-order valence-electron chi connectivity index (χ4n) is 4.65. The fourth-order valence-corrected chi connectivity index (χ4v) is 6.60. The summed E-state index contributed by atoms with van der Waals surface area (Å²) in [5.41, 5.74) is -5.42. The Hall–Kier alpha value is -2.70. The first-order chi connectivity index (χ1) is 28.0. The van der Waals surface area contributed by atoms with Gasteiger partial charge in [-0.15, -0.1) is 9.05 Å². The lowest BCUT2D eigenvalue weighted by Gasteiger charge is -2.29. The first kappa shape index (κ1) is 59.3. The highest BCUT2D eigenvalue weighted by Crippen LogP contribution is 2.40. The number of aliphatic hydroxyl groups excluding tert-OH is 4. The van der Waals surface area contributed by atoms with Crippen LogP contribution in [0.2, 0.25) is 0 Å². The third kappa shape index (κ3) is 23.8. The number of carbonyl (C=O) groups excluding carboxylic acids is 6. The van der Waals surface area contributed by atoms with Gasteiger partial charge in [0.2, 0.25) is 23.6 Å². The van der Waals surface area contributed by atoms with Crippen molar-refractivity contribution in [1.29, 1.82) is 0 Å². The van der Waals surface area contributed by atoms with E-state index in [0.29, 0.717) is 0 Å². The third-order valence-electron chi connectivity index (χ3n) is 9.06. The van der Waals surface area contributed by atoms with E-state index in [-0.39, 0.29) is 51.9 Å². The molecular formula is C34H64N4O21P3+. The van der Waals surface area contributed by atoms with Crippen LogP contribution in [-0.4, -0.2) is 152 Å². The number of phosphoric acid groups is 2. The van der Waals surface area contributed by atoms with E-state index in [1.54, 1.807) is 0 Å². The van der Waals surface area contributed by atoms with Crippen LogP contribution >= 0.6 is 23.9 Å². The second kappa shape index (κ2) is 25.7. The molecule has 28 heteroatoms. The van der Waals surface area contributed by atoms with Crippen molar-refractivity contribution >= 4 is 59.1 Å². The van der Waals surface area contributed by atoms with Gasteiger partial charge >= 0.3 is 23.9 Å². The van der Waals surface area contributed by atoms with Crippen LogP contribution in [0.15, 0.2) is 0 Å². The molecule has 4 amide bonds. The van der Waals surface area contributed by atoms with Crippen LogP contribution in [0.4, 0.5) is 0 Å². The Morgan fingerprint density at radius 3 is 0.887 bits per heavy atom. The summed E-state index contributed by atoms with van der Waals surface area (Å²) in [5, 5.41) is 51.0. The van der Waals surface area contributed by atoms with Crippen molar-refractivity contribution in [3.63, 3.8) is 0 Å². The maximum absolute atomic E-state index is 12.6. The molecule has 0 aliphatic heterocycles. The number of rotatable bonds is 32. The van der Waals surface area contributed by atoms with Crippen LogP contribution in [0.25, 0.3) is 0 Å². The van der Waals surface area contributed by atoms with Crippen molar-refractivity contribution in [2.24, 2.45) is 21.7 Å². The number of carbonyl (C=O) groups is 6. The van der Waals surface area contributed by atoms with Gasteiger partial charge < -0.3 is 61.3 Å². The highest BCUT2D eigenvalue weighted by atomic mass is 31.2. The normalized spacial score (nSPS) is 15.1. The van der Waals surface area contributed by atoms with E-state index in [9.17, 15) is 62.9 Å². The summed E-state index contributed by atoms with van der Waals surface area (Å²) >= 11 is 0. The Morgan fingerprint density at radius 2 is 0.677 bits per heavy atom. The van der Waals surface area contributed by atoms with Gasteiger partial charge in [0.1, 0.15) is 49.2 Å². The van der Waals surface area contributed by atoms with Gasteiger partial charge in [-0.3, -0.25) is 37.8 Å². The van der Waals surface area contributed by atoms with Gasteiger partial charge in [0.05, 0.1) is 13.2 Å². The molecule has 4 unspecified atom stereocenters. The molecule has 360 valence electrons. The molecule has 62 heavy (non-hydrogen) atoms. The third-order valence-corrected chi connectivity index (χ3v) is 10.7. The van der Waals surface area contributed by atoms with Crippen LogP contribution in [0.5, 0.6) is 0 Å². The smallest absolute Gasteiger partial charge is 0.383 e. The van der Waals surface area contributed by atoms with Crippen LogP contribution in [0, 0.1) is 21.7 Å². The fraction of sp³-hybridized carbons (Fsp3) is 0.824. The zero-order valence-electron chi connectivity index (χ0n) is 36.0. The Balaban J connectivity index is 4.61. The molecule has 0 aliphatic rings. The molecule has 0 heterocycles. The standard InChI is InChI=1S/C34H63N4O21P3/c1-31(2,23(41)27(45)35-13-9-21(39)11-15-37-29(47)25(43)33(5,6)19-58-61(50,51)52)17-56-60(49)57-18-32(3,4)24(42)28(46)36-14-10-22(40)12-16-38-30(48)26(44)34(7,8)20-59-62(53,54)55/h23-26,41-44H,9-20H2,1-8H3,(H7-,35,36,37,38,45,46,47,48,50,51,52,53,54,55)/p+1. The zero-order chi connectivity index (χ0) is 48.5. The Labute approximate surface area is 360 Å². The van der Waals surface area contributed by atoms with Crippen molar-refractivity contribution in [1.82, 2.24) is 21.3 Å². The van der Waals surface area contributed by atoms with E-state index < -0.39 is 132 Å². The average Bonchev–Trinajstić information content (AvgIpc) is 3.15. The molecule has 0 rings (SSSR count). The van der Waals surface area contributed by atoms with E-state index >= 15 is 0 Å². The van der Waals surface area contributed by atoms with Crippen LogP contribution in [0.1, 0.15) is 81.1 Å². The predicted molar refractivity (Wildman–Crippen MR) is 215 cm³/mol. The summed E-state index contributed by atoms with van der Waals surface area (Å²) < 4.78 is 53.4. The first-order valence-corrected chi connectivity index (χ1v) is 23.2. The SMILES string of the molecule is CC(C)(CO[P+](=O)OCC(C)(C)C(O)C(=O)NCCC(=O)CCNC(=O)C(O)C(C)(C)COP(=O)(O)O)C(O)C(=O)NCCC(=O)CCNC(=O)C(O)C(C)(C)COP(=O)(O)O. The quantitative estimate of drug-likeness (QED) is 0.0345. The molecular weight excluding hydrogens is 893 g/mol. The molecule has 0 aromatic carbocycles. The molecule has 0 spiro atoms. The van der Waals surface area contributed by atoms with Crippen molar-refractivity contribution in [3.05, 3.63) is 0 Å². The summed E-state index contributed by atoms with van der Waals surface area (Å²) in [5.74, 6) is -4.37. The van der Waals surface area contributed by atoms with Crippen molar-refractivity contribution < 1.29 is 101 Å². The molecule has 0 aromatic heterocycles. The van der Waals surface area contributed by atoms with Gasteiger partial charge in [-0.25, -0.2) is 9.13 Å². The molecule has 4 atom stereocenters. The van der Waals surface area contributed by atoms with Gasteiger partial charge in [-0.1, -0.05) is 55.4 Å². The van der Waals surface area contributed by atoms with E-state index in [1.807, 2.05) is 0 Å². The molecule has 0 saturated heterocycles. The summed E-state index contributed by atoms with van der Waals surface area (Å²) in [6, 6.07) is 0. The maximum Gasteiger partial charge on any atom is 0.697 e. The van der Waals surface area contributed by atoms with Crippen LogP contribution in [0.3, 0.4) is 0 Å². The largest absolute Gasteiger partial charge is 0.697 e. The number of ketones is 2. The Morgan fingerprint density at radius 1 is 0.468 bits per heavy atom. The van der Waals surface area contributed by atoms with Gasteiger partial charge in [0, 0.05) is 78.1 Å². The van der Waals surface area contributed by atoms with Gasteiger partial charge in [-0.05, 0) is 0 Å². The minimum atomic E-state index is -4.84. The van der Waals surface area contributed by atoms with Crippen molar-refractivity contribution in [3.8, 4) is 0 Å². The number of hydrogen-bond donors (Lipinski definition) is 12. The zero-order valence-corrected chi connectivity index (χ0v) is 38.7. The molecule has 0 bridgehead atoms. The van der Waals surface area contributed by atoms with E-state index in [4.69, 9.17) is 28.6 Å². The van der Waals surface area contributed by atoms with E-state index in [0.717, 1.165) is 0 Å². The molecule has 0 aliphatic carbocycles. The highest BCUT2D eigenvalue weighted by Gasteiger charge is 2.41. The molecule has 25 nitrogen and oxygen atoms in total. The summed E-state index contributed by atoms with van der Waals surface area (Å²) in [6.07, 6.45) is -7.60. The highest BCUT2D eigenvalue weighted by molar-refractivity contribution is 7.46.